The molecule has 7 heteroatoms. The van der Waals surface area contributed by atoms with Gasteiger partial charge in [0.05, 0.1) is 6.42 Å². The van der Waals surface area contributed by atoms with Crippen LogP contribution in [0.4, 0.5) is 0 Å². The first-order chi connectivity index (χ1) is 11.0. The molecule has 0 aliphatic carbocycles. The van der Waals surface area contributed by atoms with Crippen LogP contribution in [-0.2, 0) is 22.5 Å². The largest absolute Gasteiger partial charge is 0.508 e. The lowest BCUT2D eigenvalue weighted by molar-refractivity contribution is -0.757. The van der Waals surface area contributed by atoms with Gasteiger partial charge in [0.25, 0.3) is 5.09 Å². The molecule has 2 rings (SSSR count). The summed E-state index contributed by atoms with van der Waals surface area (Å²) in [5.41, 5.74) is 1.58. The number of phenols is 1. The summed E-state index contributed by atoms with van der Waals surface area (Å²) in [5.74, 6) is 0.00663. The molecule has 0 spiro atoms. The van der Waals surface area contributed by atoms with Crippen molar-refractivity contribution in [3.05, 3.63) is 69.8 Å². The van der Waals surface area contributed by atoms with Crippen LogP contribution >= 0.6 is 0 Å². The summed E-state index contributed by atoms with van der Waals surface area (Å²) in [7, 11) is 0. The number of phenolic OH excluding ortho intramolecular Hbond substituents is 1. The van der Waals surface area contributed by atoms with Crippen molar-refractivity contribution in [2.45, 2.75) is 12.8 Å². The van der Waals surface area contributed by atoms with Crippen LogP contribution in [0.5, 0.6) is 11.5 Å². The quantitative estimate of drug-likeness (QED) is 0.364. The van der Waals surface area contributed by atoms with Crippen LogP contribution in [0.2, 0.25) is 0 Å². The highest BCUT2D eigenvalue weighted by atomic mass is 16.9. The van der Waals surface area contributed by atoms with E-state index in [0.29, 0.717) is 12.2 Å². The average Bonchev–Trinajstić information content (AvgIpc) is 2.49. The van der Waals surface area contributed by atoms with Crippen LogP contribution < -0.4 is 4.74 Å². The van der Waals surface area contributed by atoms with Gasteiger partial charge < -0.3 is 14.7 Å². The van der Waals surface area contributed by atoms with Gasteiger partial charge in [-0.15, -0.1) is 10.1 Å². The molecule has 23 heavy (non-hydrogen) atoms. The summed E-state index contributed by atoms with van der Waals surface area (Å²) in [4.78, 5) is 26.3. The van der Waals surface area contributed by atoms with Gasteiger partial charge in [-0.25, -0.2) is 0 Å². The van der Waals surface area contributed by atoms with Crippen LogP contribution in [0.25, 0.3) is 0 Å². The molecule has 120 valence electrons. The minimum Gasteiger partial charge on any atom is -0.508 e. The van der Waals surface area contributed by atoms with E-state index in [4.69, 9.17) is 9.84 Å². The zero-order chi connectivity index (χ0) is 16.7. The van der Waals surface area contributed by atoms with E-state index < -0.39 is 11.1 Å². The van der Waals surface area contributed by atoms with Crippen LogP contribution in [0.15, 0.2) is 48.5 Å². The fourth-order valence-electron chi connectivity index (χ4n) is 1.98. The minimum absolute atomic E-state index is 0.0333. The van der Waals surface area contributed by atoms with Gasteiger partial charge in [0.1, 0.15) is 18.1 Å². The van der Waals surface area contributed by atoms with E-state index in [2.05, 4.69) is 4.84 Å². The summed E-state index contributed by atoms with van der Waals surface area (Å²) < 4.78 is 5.16. The first kappa shape index (κ1) is 16.3. The van der Waals surface area contributed by atoms with E-state index in [0.717, 1.165) is 11.1 Å². The maximum absolute atomic E-state index is 11.9. The van der Waals surface area contributed by atoms with Crippen molar-refractivity contribution in [3.8, 4) is 11.5 Å². The van der Waals surface area contributed by atoms with Crippen molar-refractivity contribution in [2.75, 3.05) is 6.61 Å². The Bertz CT molecular complexity index is 683. The van der Waals surface area contributed by atoms with E-state index in [9.17, 15) is 14.9 Å². The predicted octanol–water partition coefficient (Wildman–Crippen LogP) is 2.29. The number of aromatic hydroxyl groups is 1. The molecular formula is C16H15NO6. The van der Waals surface area contributed by atoms with E-state index >= 15 is 0 Å². The second-order valence-electron chi connectivity index (χ2n) is 4.77. The zero-order valence-corrected chi connectivity index (χ0v) is 12.2. The maximum atomic E-state index is 11.9. The summed E-state index contributed by atoms with van der Waals surface area (Å²) in [6.45, 7) is -0.0333. The van der Waals surface area contributed by atoms with Gasteiger partial charge in [0, 0.05) is 0 Å². The summed E-state index contributed by atoms with van der Waals surface area (Å²) >= 11 is 0. The standard InChI is InChI=1S/C16H15NO6/c18-14-4-6-15(7-5-14)23-16(19)11-13-3-1-2-12(10-13)8-9-22-17(20)21/h1-7,10,18H,8-9,11H2. The molecule has 0 aliphatic heterocycles. The lowest BCUT2D eigenvalue weighted by Gasteiger charge is -2.06. The van der Waals surface area contributed by atoms with Crippen molar-refractivity contribution in [1.82, 2.24) is 0 Å². The number of rotatable bonds is 7. The molecule has 0 saturated carbocycles. The van der Waals surface area contributed by atoms with Crippen molar-refractivity contribution in [3.63, 3.8) is 0 Å². The Balaban J connectivity index is 1.90. The number of esters is 1. The fourth-order valence-corrected chi connectivity index (χ4v) is 1.98. The third-order valence-corrected chi connectivity index (χ3v) is 3.00. The lowest BCUT2D eigenvalue weighted by atomic mass is 10.1. The van der Waals surface area contributed by atoms with Crippen molar-refractivity contribution in [2.24, 2.45) is 0 Å². The molecule has 7 nitrogen and oxygen atoms in total. The molecule has 0 unspecified atom stereocenters. The number of nitrogens with zero attached hydrogens (tertiary/aromatic N) is 1. The van der Waals surface area contributed by atoms with Gasteiger partial charge in [-0.2, -0.15) is 0 Å². The second kappa shape index (κ2) is 7.79. The van der Waals surface area contributed by atoms with Crippen molar-refractivity contribution < 1.29 is 24.6 Å². The highest BCUT2D eigenvalue weighted by Crippen LogP contribution is 2.17. The zero-order valence-electron chi connectivity index (χ0n) is 12.2. The number of carbonyl (C=O) groups is 1. The average molecular weight is 317 g/mol. The third-order valence-electron chi connectivity index (χ3n) is 3.00. The van der Waals surface area contributed by atoms with E-state index in [1.54, 1.807) is 24.3 Å². The number of benzene rings is 2. The fraction of sp³-hybridized carbons (Fsp3) is 0.188. The summed E-state index contributed by atoms with van der Waals surface area (Å²) in [6, 6.07) is 13.0. The molecule has 0 amide bonds. The van der Waals surface area contributed by atoms with Gasteiger partial charge in [0.15, 0.2) is 0 Å². The molecule has 0 aliphatic rings. The van der Waals surface area contributed by atoms with Crippen LogP contribution in [0, 0.1) is 10.1 Å². The smallest absolute Gasteiger partial charge is 0.315 e. The first-order valence-corrected chi connectivity index (χ1v) is 6.88. The Kier molecular flexibility index (Phi) is 5.51. The highest BCUT2D eigenvalue weighted by Gasteiger charge is 2.07. The van der Waals surface area contributed by atoms with E-state index in [-0.39, 0.29) is 18.8 Å². The molecule has 0 heterocycles. The van der Waals surface area contributed by atoms with Gasteiger partial charge in [0.2, 0.25) is 0 Å². The third kappa shape index (κ3) is 5.66. The molecule has 1 N–H and O–H groups in total. The Labute approximate surface area is 132 Å². The van der Waals surface area contributed by atoms with Crippen LogP contribution in [-0.4, -0.2) is 22.8 Å². The SMILES string of the molecule is O=C(Cc1cccc(CCO[N+](=O)[O-])c1)Oc1ccc(O)cc1. The van der Waals surface area contributed by atoms with E-state index in [1.165, 1.54) is 24.3 Å². The molecule has 0 saturated heterocycles. The maximum Gasteiger partial charge on any atom is 0.315 e. The normalized spacial score (nSPS) is 10.1. The topological polar surface area (TPSA) is 98.9 Å². The minimum atomic E-state index is -0.834. The molecule has 0 radical (unpaired) electrons. The summed E-state index contributed by atoms with van der Waals surface area (Å²) in [6.07, 6.45) is 0.451. The van der Waals surface area contributed by atoms with Crippen LogP contribution in [0.3, 0.4) is 0 Å². The van der Waals surface area contributed by atoms with Gasteiger partial charge in [-0.3, -0.25) is 4.79 Å². The van der Waals surface area contributed by atoms with Crippen molar-refractivity contribution >= 4 is 5.97 Å². The summed E-state index contributed by atoms with van der Waals surface area (Å²) in [5, 5.41) is 18.4. The second-order valence-corrected chi connectivity index (χ2v) is 4.77. The lowest BCUT2D eigenvalue weighted by Crippen LogP contribution is -2.11. The molecule has 0 fully saturated rings. The number of hydrogen-bond acceptors (Lipinski definition) is 6. The Morgan fingerprint density at radius 1 is 1.13 bits per heavy atom. The van der Waals surface area contributed by atoms with Gasteiger partial charge in [-0.1, -0.05) is 24.3 Å². The van der Waals surface area contributed by atoms with Gasteiger partial charge >= 0.3 is 5.97 Å². The predicted molar refractivity (Wildman–Crippen MR) is 80.5 cm³/mol. The number of hydrogen-bond donors (Lipinski definition) is 1. The Morgan fingerprint density at radius 2 is 1.83 bits per heavy atom. The van der Waals surface area contributed by atoms with Gasteiger partial charge in [-0.05, 0) is 41.8 Å². The number of ether oxygens (including phenoxy) is 1. The molecule has 2 aromatic rings. The first-order valence-electron chi connectivity index (χ1n) is 6.88. The molecule has 0 bridgehead atoms. The van der Waals surface area contributed by atoms with E-state index in [1.807, 2.05) is 0 Å². The molecular weight excluding hydrogens is 302 g/mol. The molecule has 0 atom stereocenters. The highest BCUT2D eigenvalue weighted by molar-refractivity contribution is 5.75. The Morgan fingerprint density at radius 3 is 2.52 bits per heavy atom. The van der Waals surface area contributed by atoms with Crippen molar-refractivity contribution in [1.29, 1.82) is 0 Å². The Hall–Kier alpha value is -3.09. The molecule has 0 aromatic heterocycles. The number of carbonyl (C=O) groups excluding carboxylic acids is 1. The molecule has 2 aromatic carbocycles. The van der Waals surface area contributed by atoms with Crippen LogP contribution in [0.1, 0.15) is 11.1 Å². The monoisotopic (exact) mass is 317 g/mol.